The standard InChI is InChI=1S/C19H17N3O2S2/c1-11-6-7-12-13(9-20)18(26-16(12)8-11)22-17(23)10-25-19-21-14-4-2-3-5-15(14)24-19/h2-5,11H,6-8,10H2,1H3,(H,22,23)/t11-/m0/s1. The van der Waals surface area contributed by atoms with Crippen molar-refractivity contribution >= 4 is 45.1 Å². The Morgan fingerprint density at radius 1 is 1.50 bits per heavy atom. The number of thioether (sulfide) groups is 1. The van der Waals surface area contributed by atoms with Crippen molar-refractivity contribution < 1.29 is 9.21 Å². The summed E-state index contributed by atoms with van der Waals surface area (Å²) < 4.78 is 5.61. The molecule has 0 unspecified atom stereocenters. The van der Waals surface area contributed by atoms with Gasteiger partial charge in [-0.3, -0.25) is 4.79 Å². The molecule has 132 valence electrons. The molecule has 3 aromatic rings. The average molecular weight is 383 g/mol. The Kier molecular flexibility index (Phi) is 4.70. The number of carbonyl (C=O) groups is 1. The van der Waals surface area contributed by atoms with Crippen LogP contribution in [-0.2, 0) is 17.6 Å². The van der Waals surface area contributed by atoms with Gasteiger partial charge in [0.1, 0.15) is 16.6 Å². The van der Waals surface area contributed by atoms with Crippen LogP contribution in [0.25, 0.3) is 11.1 Å². The molecule has 1 atom stereocenters. The van der Waals surface area contributed by atoms with E-state index < -0.39 is 0 Å². The lowest BCUT2D eigenvalue weighted by atomic mass is 9.89. The number of hydrogen-bond acceptors (Lipinski definition) is 6. The molecule has 0 radical (unpaired) electrons. The number of amides is 1. The highest BCUT2D eigenvalue weighted by Crippen LogP contribution is 2.39. The van der Waals surface area contributed by atoms with Gasteiger partial charge in [0.2, 0.25) is 5.91 Å². The molecule has 0 bridgehead atoms. The quantitative estimate of drug-likeness (QED) is 0.665. The summed E-state index contributed by atoms with van der Waals surface area (Å²) in [5, 5.41) is 13.6. The Labute approximate surface area is 159 Å². The van der Waals surface area contributed by atoms with E-state index in [2.05, 4.69) is 23.3 Å². The van der Waals surface area contributed by atoms with Gasteiger partial charge in [0, 0.05) is 4.88 Å². The number of oxazole rings is 1. The van der Waals surface area contributed by atoms with E-state index in [4.69, 9.17) is 4.42 Å². The molecule has 0 saturated carbocycles. The fourth-order valence-corrected chi connectivity index (χ4v) is 5.18. The molecule has 0 aliphatic heterocycles. The van der Waals surface area contributed by atoms with Crippen molar-refractivity contribution in [3.05, 3.63) is 40.3 Å². The minimum absolute atomic E-state index is 0.152. The number of aromatic nitrogens is 1. The fourth-order valence-electron chi connectivity index (χ4n) is 3.16. The zero-order valence-electron chi connectivity index (χ0n) is 14.2. The van der Waals surface area contributed by atoms with Gasteiger partial charge in [-0.15, -0.1) is 11.3 Å². The van der Waals surface area contributed by atoms with Gasteiger partial charge in [-0.2, -0.15) is 5.26 Å². The molecule has 1 amide bonds. The number of nitrogens with zero attached hydrogens (tertiary/aromatic N) is 2. The number of para-hydroxylation sites is 2. The van der Waals surface area contributed by atoms with Crippen LogP contribution < -0.4 is 5.32 Å². The van der Waals surface area contributed by atoms with Crippen LogP contribution >= 0.6 is 23.1 Å². The van der Waals surface area contributed by atoms with Gasteiger partial charge in [-0.25, -0.2) is 4.98 Å². The Morgan fingerprint density at radius 3 is 3.15 bits per heavy atom. The number of carbonyl (C=O) groups excluding carboxylic acids is 1. The van der Waals surface area contributed by atoms with Gasteiger partial charge in [0.15, 0.2) is 5.58 Å². The van der Waals surface area contributed by atoms with Crippen LogP contribution in [0.15, 0.2) is 33.9 Å². The highest BCUT2D eigenvalue weighted by atomic mass is 32.2. The first-order valence-corrected chi connectivity index (χ1v) is 10.3. The number of rotatable bonds is 4. The number of nitriles is 1. The molecule has 4 rings (SSSR count). The minimum Gasteiger partial charge on any atom is -0.431 e. The molecule has 5 nitrogen and oxygen atoms in total. The third-order valence-corrected chi connectivity index (χ3v) is 6.48. The number of benzene rings is 1. The second kappa shape index (κ2) is 7.14. The maximum absolute atomic E-state index is 12.3. The van der Waals surface area contributed by atoms with Gasteiger partial charge < -0.3 is 9.73 Å². The van der Waals surface area contributed by atoms with Crippen LogP contribution in [0.5, 0.6) is 0 Å². The Balaban J connectivity index is 1.44. The van der Waals surface area contributed by atoms with E-state index in [0.717, 1.165) is 30.3 Å². The molecular weight excluding hydrogens is 366 g/mol. The molecule has 7 heteroatoms. The molecule has 0 saturated heterocycles. The van der Waals surface area contributed by atoms with Crippen molar-refractivity contribution in [2.75, 3.05) is 11.1 Å². The predicted octanol–water partition coefficient (Wildman–Crippen LogP) is 4.62. The first kappa shape index (κ1) is 17.1. The molecule has 2 heterocycles. The largest absolute Gasteiger partial charge is 0.431 e. The van der Waals surface area contributed by atoms with E-state index in [1.807, 2.05) is 24.3 Å². The van der Waals surface area contributed by atoms with E-state index >= 15 is 0 Å². The number of hydrogen-bond donors (Lipinski definition) is 1. The lowest BCUT2D eigenvalue weighted by Gasteiger charge is -2.17. The molecule has 2 aromatic heterocycles. The Bertz CT molecular complexity index is 983. The van der Waals surface area contributed by atoms with Crippen LogP contribution in [0.4, 0.5) is 5.00 Å². The lowest BCUT2D eigenvalue weighted by molar-refractivity contribution is -0.113. The number of fused-ring (bicyclic) bond motifs is 2. The van der Waals surface area contributed by atoms with Gasteiger partial charge in [0.25, 0.3) is 5.22 Å². The summed E-state index contributed by atoms with van der Waals surface area (Å²) in [5.41, 5.74) is 3.25. The molecular formula is C19H17N3O2S2. The van der Waals surface area contributed by atoms with Crippen molar-refractivity contribution in [2.24, 2.45) is 5.92 Å². The van der Waals surface area contributed by atoms with Crippen LogP contribution in [0, 0.1) is 17.2 Å². The summed E-state index contributed by atoms with van der Waals surface area (Å²) in [6.45, 7) is 2.23. The highest BCUT2D eigenvalue weighted by Gasteiger charge is 2.24. The van der Waals surface area contributed by atoms with Crippen molar-refractivity contribution in [3.8, 4) is 6.07 Å². The van der Waals surface area contributed by atoms with E-state index in [9.17, 15) is 10.1 Å². The van der Waals surface area contributed by atoms with Crippen LogP contribution in [0.2, 0.25) is 0 Å². The SMILES string of the molecule is C[C@H]1CCc2c(sc(NC(=O)CSc3nc4ccccc4o3)c2C#N)C1. The molecule has 0 fully saturated rings. The normalized spacial score (nSPS) is 16.2. The lowest BCUT2D eigenvalue weighted by Crippen LogP contribution is -2.14. The third kappa shape index (κ3) is 3.35. The van der Waals surface area contributed by atoms with Gasteiger partial charge >= 0.3 is 0 Å². The summed E-state index contributed by atoms with van der Waals surface area (Å²) in [5.74, 6) is 0.669. The topological polar surface area (TPSA) is 78.9 Å². The van der Waals surface area contributed by atoms with Gasteiger partial charge in [-0.1, -0.05) is 30.8 Å². The minimum atomic E-state index is -0.152. The first-order chi connectivity index (χ1) is 12.6. The fraction of sp³-hybridized carbons (Fsp3) is 0.316. The van der Waals surface area contributed by atoms with E-state index in [0.29, 0.717) is 27.3 Å². The molecule has 1 aliphatic carbocycles. The predicted molar refractivity (Wildman–Crippen MR) is 104 cm³/mol. The highest BCUT2D eigenvalue weighted by molar-refractivity contribution is 7.99. The monoisotopic (exact) mass is 383 g/mol. The van der Waals surface area contributed by atoms with Crippen molar-refractivity contribution in [2.45, 2.75) is 31.4 Å². The van der Waals surface area contributed by atoms with Crippen molar-refractivity contribution in [1.29, 1.82) is 5.26 Å². The molecule has 1 aliphatic rings. The van der Waals surface area contributed by atoms with Crippen LogP contribution in [0.3, 0.4) is 0 Å². The smallest absolute Gasteiger partial charge is 0.257 e. The number of nitrogens with one attached hydrogen (secondary N) is 1. The zero-order valence-corrected chi connectivity index (χ0v) is 15.9. The van der Waals surface area contributed by atoms with Crippen LogP contribution in [-0.4, -0.2) is 16.6 Å². The summed E-state index contributed by atoms with van der Waals surface area (Å²) in [6.07, 6.45) is 3.00. The summed E-state index contributed by atoms with van der Waals surface area (Å²) in [4.78, 5) is 17.9. The van der Waals surface area contributed by atoms with Gasteiger partial charge in [0.05, 0.1) is 11.3 Å². The molecule has 0 spiro atoms. The van der Waals surface area contributed by atoms with Crippen LogP contribution in [0.1, 0.15) is 29.3 Å². The second-order valence-corrected chi connectivity index (χ2v) is 8.48. The van der Waals surface area contributed by atoms with E-state index in [1.54, 1.807) is 11.3 Å². The van der Waals surface area contributed by atoms with Gasteiger partial charge in [-0.05, 0) is 42.9 Å². The maximum Gasteiger partial charge on any atom is 0.257 e. The zero-order chi connectivity index (χ0) is 18.1. The summed E-state index contributed by atoms with van der Waals surface area (Å²) in [7, 11) is 0. The summed E-state index contributed by atoms with van der Waals surface area (Å²) >= 11 is 2.80. The average Bonchev–Trinajstić information content (AvgIpc) is 3.19. The van der Waals surface area contributed by atoms with E-state index in [1.165, 1.54) is 16.6 Å². The second-order valence-electron chi connectivity index (χ2n) is 6.45. The first-order valence-electron chi connectivity index (χ1n) is 8.47. The Morgan fingerprint density at radius 2 is 2.35 bits per heavy atom. The van der Waals surface area contributed by atoms with E-state index in [-0.39, 0.29) is 11.7 Å². The Hall–Kier alpha value is -2.30. The number of anilines is 1. The third-order valence-electron chi connectivity index (χ3n) is 4.48. The number of thiophene rings is 1. The van der Waals surface area contributed by atoms with Crippen molar-refractivity contribution in [3.63, 3.8) is 0 Å². The molecule has 1 N–H and O–H groups in total. The molecule has 1 aromatic carbocycles. The molecule has 26 heavy (non-hydrogen) atoms. The van der Waals surface area contributed by atoms with Crippen molar-refractivity contribution in [1.82, 2.24) is 4.98 Å². The maximum atomic E-state index is 12.3. The summed E-state index contributed by atoms with van der Waals surface area (Å²) in [6, 6.07) is 9.78.